The van der Waals surface area contributed by atoms with Crippen LogP contribution in [0.2, 0.25) is 0 Å². The van der Waals surface area contributed by atoms with Gasteiger partial charge in [-0.05, 0) is 18.1 Å². The SMILES string of the molecule is O=C1c2ccccc2CC12C1c3ccccc3OC(=O)C12C(=O)O. The molecule has 0 bridgehead atoms. The molecule has 0 amide bonds. The van der Waals surface area contributed by atoms with E-state index in [2.05, 4.69) is 0 Å². The average Bonchev–Trinajstić information content (AvgIpc) is 3.10. The largest absolute Gasteiger partial charge is 0.480 e. The minimum atomic E-state index is -1.82. The number of carboxylic acids is 1. The van der Waals surface area contributed by atoms with E-state index in [9.17, 15) is 19.5 Å². The number of Topliss-reactive ketones (excluding diaryl/α,β-unsaturated/α-hetero) is 1. The summed E-state index contributed by atoms with van der Waals surface area (Å²) in [5.41, 5.74) is -1.16. The van der Waals surface area contributed by atoms with Crippen molar-refractivity contribution in [1.82, 2.24) is 0 Å². The van der Waals surface area contributed by atoms with Crippen LogP contribution in [0, 0.1) is 10.8 Å². The summed E-state index contributed by atoms with van der Waals surface area (Å²) >= 11 is 0. The molecule has 1 spiro atoms. The molecule has 24 heavy (non-hydrogen) atoms. The summed E-state index contributed by atoms with van der Waals surface area (Å²) in [5.74, 6) is -2.71. The Labute approximate surface area is 136 Å². The van der Waals surface area contributed by atoms with Gasteiger partial charge in [-0.25, -0.2) is 0 Å². The van der Waals surface area contributed by atoms with E-state index in [1.165, 1.54) is 0 Å². The molecule has 2 aliphatic carbocycles. The van der Waals surface area contributed by atoms with Gasteiger partial charge in [0.05, 0.1) is 5.41 Å². The number of rotatable bonds is 1. The van der Waals surface area contributed by atoms with E-state index in [-0.39, 0.29) is 12.2 Å². The number of para-hydroxylation sites is 1. The third kappa shape index (κ3) is 1.16. The Kier molecular flexibility index (Phi) is 2.21. The molecule has 118 valence electrons. The first-order valence-electron chi connectivity index (χ1n) is 7.72. The zero-order valence-electron chi connectivity index (χ0n) is 12.5. The fraction of sp³-hybridized carbons (Fsp3) is 0.211. The molecule has 5 rings (SSSR count). The highest BCUT2D eigenvalue weighted by Crippen LogP contribution is 2.80. The number of esters is 1. The Morgan fingerprint density at radius 3 is 2.54 bits per heavy atom. The van der Waals surface area contributed by atoms with Crippen molar-refractivity contribution in [3.63, 3.8) is 0 Å². The number of ether oxygens (including phenoxy) is 1. The average molecular weight is 320 g/mol. The number of fused-ring (bicyclic) bond motifs is 6. The van der Waals surface area contributed by atoms with Gasteiger partial charge in [0.1, 0.15) is 5.75 Å². The molecule has 1 aliphatic heterocycles. The Balaban J connectivity index is 1.79. The van der Waals surface area contributed by atoms with Gasteiger partial charge in [0.25, 0.3) is 0 Å². The summed E-state index contributed by atoms with van der Waals surface area (Å²) in [6, 6.07) is 14.0. The van der Waals surface area contributed by atoms with Gasteiger partial charge in [-0.3, -0.25) is 14.4 Å². The van der Waals surface area contributed by atoms with Crippen molar-refractivity contribution in [1.29, 1.82) is 0 Å². The topological polar surface area (TPSA) is 80.7 Å². The molecule has 1 saturated carbocycles. The molecule has 0 aromatic heterocycles. The lowest BCUT2D eigenvalue weighted by Crippen LogP contribution is -2.39. The van der Waals surface area contributed by atoms with E-state index in [4.69, 9.17) is 4.74 Å². The first-order chi connectivity index (χ1) is 11.5. The molecule has 1 fully saturated rings. The van der Waals surface area contributed by atoms with Gasteiger partial charge in [-0.15, -0.1) is 0 Å². The van der Waals surface area contributed by atoms with Crippen molar-refractivity contribution in [2.24, 2.45) is 10.8 Å². The summed E-state index contributed by atoms with van der Waals surface area (Å²) in [5, 5.41) is 9.90. The third-order valence-corrected chi connectivity index (χ3v) is 5.77. The number of hydrogen-bond donors (Lipinski definition) is 1. The Hall–Kier alpha value is -2.95. The van der Waals surface area contributed by atoms with Crippen molar-refractivity contribution in [2.75, 3.05) is 0 Å². The molecule has 1 N–H and O–H groups in total. The Morgan fingerprint density at radius 1 is 1.08 bits per heavy atom. The smallest absolute Gasteiger partial charge is 0.330 e. The summed E-state index contributed by atoms with van der Waals surface area (Å²) in [4.78, 5) is 37.9. The number of hydrogen-bond acceptors (Lipinski definition) is 4. The van der Waals surface area contributed by atoms with Crippen molar-refractivity contribution >= 4 is 17.7 Å². The molecule has 0 saturated heterocycles. The van der Waals surface area contributed by atoms with Gasteiger partial charge in [-0.1, -0.05) is 42.5 Å². The highest BCUT2D eigenvalue weighted by molar-refractivity contribution is 6.21. The van der Waals surface area contributed by atoms with Crippen LogP contribution in [-0.2, 0) is 16.0 Å². The van der Waals surface area contributed by atoms with E-state index in [0.29, 0.717) is 16.9 Å². The van der Waals surface area contributed by atoms with Gasteiger partial charge in [0.2, 0.25) is 0 Å². The van der Waals surface area contributed by atoms with Crippen LogP contribution in [0.1, 0.15) is 27.4 Å². The quantitative estimate of drug-likeness (QED) is 0.495. The zero-order chi connectivity index (χ0) is 16.7. The molecule has 3 aliphatic rings. The fourth-order valence-electron chi connectivity index (χ4n) is 4.80. The molecule has 5 heteroatoms. The zero-order valence-corrected chi connectivity index (χ0v) is 12.5. The van der Waals surface area contributed by atoms with Crippen LogP contribution in [0.4, 0.5) is 0 Å². The second-order valence-electron chi connectivity index (χ2n) is 6.61. The van der Waals surface area contributed by atoms with Crippen LogP contribution in [0.25, 0.3) is 0 Å². The molecule has 2 aromatic rings. The molecule has 5 nitrogen and oxygen atoms in total. The maximum Gasteiger partial charge on any atom is 0.330 e. The maximum absolute atomic E-state index is 13.1. The highest BCUT2D eigenvalue weighted by Gasteiger charge is 2.91. The monoisotopic (exact) mass is 320 g/mol. The summed E-state index contributed by atoms with van der Waals surface area (Å²) in [6.07, 6.45) is 0.252. The predicted molar refractivity (Wildman–Crippen MR) is 81.8 cm³/mol. The van der Waals surface area contributed by atoms with Crippen molar-refractivity contribution < 1.29 is 24.2 Å². The van der Waals surface area contributed by atoms with Crippen molar-refractivity contribution in [3.05, 3.63) is 65.2 Å². The lowest BCUT2D eigenvalue weighted by atomic mass is 9.89. The van der Waals surface area contributed by atoms with Crippen LogP contribution in [0.3, 0.4) is 0 Å². The van der Waals surface area contributed by atoms with E-state index < -0.39 is 28.7 Å². The second-order valence-corrected chi connectivity index (χ2v) is 6.61. The van der Waals surface area contributed by atoms with Gasteiger partial charge >= 0.3 is 11.9 Å². The van der Waals surface area contributed by atoms with E-state index in [0.717, 1.165) is 5.56 Å². The number of carboxylic acid groups (broad SMARTS) is 1. The normalized spacial score (nSPS) is 31.9. The molecule has 1 heterocycles. The molecular formula is C19H12O5. The van der Waals surface area contributed by atoms with Crippen LogP contribution >= 0.6 is 0 Å². The van der Waals surface area contributed by atoms with Crippen LogP contribution in [0.5, 0.6) is 5.75 Å². The van der Waals surface area contributed by atoms with Gasteiger partial charge in [0, 0.05) is 17.0 Å². The summed E-state index contributed by atoms with van der Waals surface area (Å²) < 4.78 is 5.31. The number of ketones is 1. The van der Waals surface area contributed by atoms with Gasteiger partial charge in [-0.2, -0.15) is 0 Å². The Bertz CT molecular complexity index is 962. The van der Waals surface area contributed by atoms with Crippen LogP contribution in [0.15, 0.2) is 48.5 Å². The van der Waals surface area contributed by atoms with E-state index in [1.54, 1.807) is 36.4 Å². The number of aliphatic carboxylic acids is 1. The highest BCUT2D eigenvalue weighted by atomic mass is 16.5. The molecule has 0 radical (unpaired) electrons. The molecule has 3 atom stereocenters. The van der Waals surface area contributed by atoms with Crippen LogP contribution < -0.4 is 4.74 Å². The number of benzene rings is 2. The minimum Gasteiger partial charge on any atom is -0.480 e. The molecule has 2 aromatic carbocycles. The van der Waals surface area contributed by atoms with Crippen LogP contribution in [-0.4, -0.2) is 22.8 Å². The van der Waals surface area contributed by atoms with Crippen molar-refractivity contribution in [3.8, 4) is 5.75 Å². The summed E-state index contributed by atoms with van der Waals surface area (Å²) in [6.45, 7) is 0. The number of carbonyl (C=O) groups is 3. The standard InChI is InChI=1S/C19H12O5/c20-15-11-6-2-1-5-10(11)9-18(15)14-12-7-3-4-8-13(12)24-17(23)19(14,18)16(21)22/h1-8,14H,9H2,(H,21,22). The maximum atomic E-state index is 13.1. The molecular weight excluding hydrogens is 308 g/mol. The first-order valence-corrected chi connectivity index (χ1v) is 7.72. The lowest BCUT2D eigenvalue weighted by molar-refractivity contribution is -0.158. The number of carbonyl (C=O) groups excluding carboxylic acids is 2. The predicted octanol–water partition coefficient (Wildman–Crippen LogP) is 2.20. The second kappa shape index (κ2) is 3.93. The van der Waals surface area contributed by atoms with Crippen molar-refractivity contribution in [2.45, 2.75) is 12.3 Å². The lowest BCUT2D eigenvalue weighted by Gasteiger charge is -2.19. The van der Waals surface area contributed by atoms with E-state index in [1.807, 2.05) is 12.1 Å². The van der Waals surface area contributed by atoms with E-state index >= 15 is 0 Å². The third-order valence-electron chi connectivity index (χ3n) is 5.77. The summed E-state index contributed by atoms with van der Waals surface area (Å²) in [7, 11) is 0. The fourth-order valence-corrected chi connectivity index (χ4v) is 4.80. The first kappa shape index (κ1) is 13.5. The van der Waals surface area contributed by atoms with Gasteiger partial charge < -0.3 is 9.84 Å². The van der Waals surface area contributed by atoms with Gasteiger partial charge in [0.15, 0.2) is 11.2 Å². The minimum absolute atomic E-state index is 0.252. The molecule has 3 unspecified atom stereocenters. The Morgan fingerprint density at radius 2 is 1.79 bits per heavy atom.